The number of piperidine rings is 1. The first kappa shape index (κ1) is 14.5. The molecule has 1 aromatic carbocycles. The van der Waals surface area contributed by atoms with E-state index in [9.17, 15) is 0 Å². The quantitative estimate of drug-likeness (QED) is 0.775. The highest BCUT2D eigenvalue weighted by Crippen LogP contribution is 2.37. The van der Waals surface area contributed by atoms with Gasteiger partial charge in [-0.2, -0.15) is 0 Å². The van der Waals surface area contributed by atoms with E-state index in [0.29, 0.717) is 6.04 Å². The van der Waals surface area contributed by atoms with Gasteiger partial charge in [-0.1, -0.05) is 30.7 Å². The van der Waals surface area contributed by atoms with Gasteiger partial charge in [0.2, 0.25) is 0 Å². The number of hydrogen-bond donors (Lipinski definition) is 1. The fraction of sp³-hybridized carbons (Fsp3) is 0.350. The molecule has 3 nitrogen and oxygen atoms in total. The smallest absolute Gasteiger partial charge is 0.0640 e. The van der Waals surface area contributed by atoms with Gasteiger partial charge < -0.3 is 4.98 Å². The third-order valence-electron chi connectivity index (χ3n) is 4.97. The van der Waals surface area contributed by atoms with E-state index in [2.05, 4.69) is 58.2 Å². The first-order valence-electron chi connectivity index (χ1n) is 8.56. The van der Waals surface area contributed by atoms with Gasteiger partial charge in [0.15, 0.2) is 0 Å². The van der Waals surface area contributed by atoms with Crippen LogP contribution in [0.25, 0.3) is 10.9 Å². The molecule has 1 N–H and O–H groups in total. The number of aromatic amines is 1. The van der Waals surface area contributed by atoms with Gasteiger partial charge in [0.05, 0.1) is 6.04 Å². The summed E-state index contributed by atoms with van der Waals surface area (Å²) < 4.78 is 0. The zero-order valence-corrected chi connectivity index (χ0v) is 13.6. The lowest BCUT2D eigenvalue weighted by molar-refractivity contribution is 0.187. The van der Waals surface area contributed by atoms with E-state index in [1.807, 2.05) is 12.4 Å². The molecule has 1 atom stereocenters. The fourth-order valence-electron chi connectivity index (χ4n) is 3.93. The van der Waals surface area contributed by atoms with Gasteiger partial charge in [0, 0.05) is 34.6 Å². The van der Waals surface area contributed by atoms with Crippen LogP contribution in [0.5, 0.6) is 0 Å². The van der Waals surface area contributed by atoms with Crippen molar-refractivity contribution in [3.05, 3.63) is 65.6 Å². The molecule has 3 heterocycles. The monoisotopic (exact) mass is 305 g/mol. The van der Waals surface area contributed by atoms with Crippen molar-refractivity contribution in [1.29, 1.82) is 0 Å². The number of aromatic nitrogens is 2. The molecule has 0 saturated carbocycles. The van der Waals surface area contributed by atoms with E-state index in [1.165, 1.54) is 60.1 Å². The summed E-state index contributed by atoms with van der Waals surface area (Å²) in [5, 5.41) is 1.34. The van der Waals surface area contributed by atoms with Crippen LogP contribution in [0.2, 0.25) is 0 Å². The predicted octanol–water partition coefficient (Wildman–Crippen LogP) is 4.45. The number of pyridine rings is 1. The van der Waals surface area contributed by atoms with E-state index in [4.69, 9.17) is 0 Å². The summed E-state index contributed by atoms with van der Waals surface area (Å²) in [4.78, 5) is 10.6. The van der Waals surface area contributed by atoms with Gasteiger partial charge in [-0.15, -0.1) is 0 Å². The van der Waals surface area contributed by atoms with Crippen LogP contribution in [0.15, 0.2) is 48.8 Å². The maximum atomic E-state index is 4.38. The highest BCUT2D eigenvalue weighted by Gasteiger charge is 2.27. The number of H-pyrrole nitrogens is 1. The number of hydrogen-bond acceptors (Lipinski definition) is 2. The number of aryl methyl sites for hydroxylation is 1. The summed E-state index contributed by atoms with van der Waals surface area (Å²) in [6, 6.07) is 13.2. The second-order valence-corrected chi connectivity index (χ2v) is 6.49. The molecule has 0 spiro atoms. The van der Waals surface area contributed by atoms with Crippen molar-refractivity contribution < 1.29 is 0 Å². The second-order valence-electron chi connectivity index (χ2n) is 6.49. The summed E-state index contributed by atoms with van der Waals surface area (Å²) in [7, 11) is 0. The zero-order valence-electron chi connectivity index (χ0n) is 13.6. The lowest BCUT2D eigenvalue weighted by Gasteiger charge is -2.35. The molecule has 3 heteroatoms. The topological polar surface area (TPSA) is 31.9 Å². The Morgan fingerprint density at radius 3 is 2.65 bits per heavy atom. The molecule has 23 heavy (non-hydrogen) atoms. The molecule has 0 amide bonds. The molecule has 1 fully saturated rings. The Kier molecular flexibility index (Phi) is 3.88. The molecule has 1 aliphatic heterocycles. The average molecular weight is 305 g/mol. The largest absolute Gasteiger partial charge is 0.358 e. The summed E-state index contributed by atoms with van der Waals surface area (Å²) in [6.07, 6.45) is 7.82. The van der Waals surface area contributed by atoms with Crippen LogP contribution in [0, 0.1) is 6.92 Å². The van der Waals surface area contributed by atoms with E-state index in [-0.39, 0.29) is 0 Å². The van der Waals surface area contributed by atoms with Crippen LogP contribution in [0.4, 0.5) is 0 Å². The molecule has 4 rings (SSSR count). The van der Waals surface area contributed by atoms with Crippen LogP contribution in [-0.2, 0) is 0 Å². The first-order valence-corrected chi connectivity index (χ1v) is 8.56. The highest BCUT2D eigenvalue weighted by atomic mass is 15.2. The van der Waals surface area contributed by atoms with Gasteiger partial charge in [-0.3, -0.25) is 9.88 Å². The summed E-state index contributed by atoms with van der Waals surface area (Å²) in [5.74, 6) is 0. The highest BCUT2D eigenvalue weighted by molar-refractivity contribution is 5.85. The Balaban J connectivity index is 1.88. The van der Waals surface area contributed by atoms with Gasteiger partial charge in [0.25, 0.3) is 0 Å². The Bertz CT molecular complexity index is 785. The van der Waals surface area contributed by atoms with Crippen LogP contribution in [0.1, 0.15) is 42.1 Å². The van der Waals surface area contributed by atoms with Gasteiger partial charge in [-0.25, -0.2) is 0 Å². The maximum Gasteiger partial charge on any atom is 0.0640 e. The van der Waals surface area contributed by atoms with Crippen LogP contribution >= 0.6 is 0 Å². The van der Waals surface area contributed by atoms with Crippen LogP contribution < -0.4 is 0 Å². The van der Waals surface area contributed by atoms with Gasteiger partial charge in [-0.05, 0) is 50.6 Å². The summed E-state index contributed by atoms with van der Waals surface area (Å²) in [5.41, 5.74) is 5.20. The number of nitrogens with one attached hydrogen (secondary N) is 1. The lowest BCUT2D eigenvalue weighted by atomic mass is 9.94. The molecule has 3 aromatic rings. The Hall–Kier alpha value is -2.13. The Labute approximate surface area is 137 Å². The molecule has 1 aliphatic rings. The molecular weight excluding hydrogens is 282 g/mol. The standard InChI is InChI=1S/C20H23N3/c1-15-19(17-9-3-4-10-18(17)22-15)20(16-8-7-11-21-14-16)23-12-5-2-6-13-23/h3-4,7-11,14,20,22H,2,5-6,12-13H2,1H3. The fourth-order valence-corrected chi connectivity index (χ4v) is 3.93. The minimum Gasteiger partial charge on any atom is -0.358 e. The minimum absolute atomic E-state index is 0.292. The van der Waals surface area contributed by atoms with Crippen molar-refractivity contribution in [2.75, 3.05) is 13.1 Å². The first-order chi connectivity index (χ1) is 11.3. The van der Waals surface area contributed by atoms with Gasteiger partial charge >= 0.3 is 0 Å². The summed E-state index contributed by atoms with van der Waals surface area (Å²) in [6.45, 7) is 4.53. The number of rotatable bonds is 3. The van der Waals surface area contributed by atoms with Crippen LogP contribution in [-0.4, -0.2) is 28.0 Å². The third kappa shape index (κ3) is 2.66. The van der Waals surface area contributed by atoms with Gasteiger partial charge in [0.1, 0.15) is 0 Å². The molecule has 0 aliphatic carbocycles. The average Bonchev–Trinajstić information content (AvgIpc) is 2.94. The van der Waals surface area contributed by atoms with E-state index in [1.54, 1.807) is 0 Å². The van der Waals surface area contributed by atoms with E-state index in [0.717, 1.165) is 0 Å². The zero-order chi connectivity index (χ0) is 15.6. The normalized spacial score (nSPS) is 17.4. The molecule has 118 valence electrons. The number of likely N-dealkylation sites (tertiary alicyclic amines) is 1. The van der Waals surface area contributed by atoms with Crippen molar-refractivity contribution in [3.63, 3.8) is 0 Å². The molecule has 2 aromatic heterocycles. The van der Waals surface area contributed by atoms with E-state index >= 15 is 0 Å². The number of nitrogens with zero attached hydrogens (tertiary/aromatic N) is 2. The van der Waals surface area contributed by atoms with Crippen molar-refractivity contribution in [3.8, 4) is 0 Å². The van der Waals surface area contributed by atoms with Crippen molar-refractivity contribution in [2.45, 2.75) is 32.2 Å². The van der Waals surface area contributed by atoms with Crippen molar-refractivity contribution >= 4 is 10.9 Å². The maximum absolute atomic E-state index is 4.38. The van der Waals surface area contributed by atoms with Crippen LogP contribution in [0.3, 0.4) is 0 Å². The lowest BCUT2D eigenvalue weighted by Crippen LogP contribution is -2.34. The summed E-state index contributed by atoms with van der Waals surface area (Å²) >= 11 is 0. The predicted molar refractivity (Wildman–Crippen MR) is 94.5 cm³/mol. The molecule has 1 saturated heterocycles. The molecular formula is C20H23N3. The SMILES string of the molecule is Cc1[nH]c2ccccc2c1C(c1cccnc1)N1CCCCC1. The molecule has 0 radical (unpaired) electrons. The van der Waals surface area contributed by atoms with E-state index < -0.39 is 0 Å². The third-order valence-corrected chi connectivity index (χ3v) is 4.97. The molecule has 0 bridgehead atoms. The number of para-hydroxylation sites is 1. The Morgan fingerprint density at radius 1 is 1.04 bits per heavy atom. The Morgan fingerprint density at radius 2 is 1.87 bits per heavy atom. The molecule has 1 unspecified atom stereocenters. The number of fused-ring (bicyclic) bond motifs is 1. The second kappa shape index (κ2) is 6.17. The van der Waals surface area contributed by atoms with Crippen molar-refractivity contribution in [1.82, 2.24) is 14.9 Å². The van der Waals surface area contributed by atoms with Crippen molar-refractivity contribution in [2.24, 2.45) is 0 Å². The minimum atomic E-state index is 0.292. The number of benzene rings is 1.